The molecule has 2 nitrogen and oxygen atoms in total. The predicted molar refractivity (Wildman–Crippen MR) is 210 cm³/mol. The van der Waals surface area contributed by atoms with Crippen LogP contribution in [0.2, 0.25) is 0 Å². The summed E-state index contributed by atoms with van der Waals surface area (Å²) < 4.78 is 2.44. The molecule has 2 aromatic heterocycles. The summed E-state index contributed by atoms with van der Waals surface area (Å²) in [5.74, 6) is 0.626. The Labute approximate surface area is 291 Å². The van der Waals surface area contributed by atoms with E-state index in [1.165, 1.54) is 104 Å². The van der Waals surface area contributed by atoms with Crippen molar-refractivity contribution in [1.82, 2.24) is 9.55 Å². The molecule has 49 heavy (non-hydrogen) atoms. The lowest BCUT2D eigenvalue weighted by molar-refractivity contribution is 0.445. The van der Waals surface area contributed by atoms with Crippen molar-refractivity contribution in [3.63, 3.8) is 0 Å². The standard InChI is InChI=1S/C47H48N2/c1-46(2,3)35-21-25-43-40(28-35)41-29-36(47(4,5)6)22-26-44(41)49(43)37-23-19-31(20-24-37)33-15-12-16-34(27-33)45-39-18-11-10-17-38(39)42(30-48-45)32-13-8-7-9-14-32/h10-12,15-30,32H,7-9,13-14H2,1-6H3. The summed E-state index contributed by atoms with van der Waals surface area (Å²) >= 11 is 0. The van der Waals surface area contributed by atoms with E-state index >= 15 is 0 Å². The molecule has 5 aromatic carbocycles. The smallest absolute Gasteiger partial charge is 0.0780 e. The second-order valence-electron chi connectivity index (χ2n) is 16.4. The molecule has 246 valence electrons. The quantitative estimate of drug-likeness (QED) is 0.187. The second-order valence-corrected chi connectivity index (χ2v) is 16.4. The van der Waals surface area contributed by atoms with Gasteiger partial charge in [-0.15, -0.1) is 0 Å². The van der Waals surface area contributed by atoms with E-state index in [1.807, 2.05) is 0 Å². The molecule has 0 radical (unpaired) electrons. The van der Waals surface area contributed by atoms with E-state index in [1.54, 1.807) is 0 Å². The van der Waals surface area contributed by atoms with Crippen molar-refractivity contribution in [3.8, 4) is 28.1 Å². The number of rotatable bonds is 4. The summed E-state index contributed by atoms with van der Waals surface area (Å²) in [4.78, 5) is 5.13. The fraction of sp³-hybridized carbons (Fsp3) is 0.298. The Kier molecular flexibility index (Phi) is 7.74. The van der Waals surface area contributed by atoms with Crippen LogP contribution < -0.4 is 0 Å². The normalized spacial score (nSPS) is 14.7. The number of hydrogen-bond donors (Lipinski definition) is 0. The lowest BCUT2D eigenvalue weighted by Crippen LogP contribution is -2.10. The topological polar surface area (TPSA) is 17.8 Å². The van der Waals surface area contributed by atoms with E-state index in [9.17, 15) is 0 Å². The molecule has 0 amide bonds. The van der Waals surface area contributed by atoms with Gasteiger partial charge < -0.3 is 4.57 Å². The molecule has 1 fully saturated rings. The monoisotopic (exact) mass is 640 g/mol. The molecule has 0 saturated heterocycles. The summed E-state index contributed by atoms with van der Waals surface area (Å²) in [7, 11) is 0. The van der Waals surface area contributed by atoms with E-state index in [-0.39, 0.29) is 10.8 Å². The van der Waals surface area contributed by atoms with E-state index < -0.39 is 0 Å². The van der Waals surface area contributed by atoms with Gasteiger partial charge in [-0.05, 0) is 105 Å². The highest BCUT2D eigenvalue weighted by molar-refractivity contribution is 6.10. The minimum atomic E-state index is 0.0830. The maximum Gasteiger partial charge on any atom is 0.0780 e. The van der Waals surface area contributed by atoms with Crippen LogP contribution in [0.1, 0.15) is 96.3 Å². The molecule has 7 aromatic rings. The van der Waals surface area contributed by atoms with Crippen LogP contribution in [0.3, 0.4) is 0 Å². The SMILES string of the molecule is CC(C)(C)c1ccc2c(c1)c1cc(C(C)(C)C)ccc1n2-c1ccc(-c2cccc(-c3ncc(C4CCCCC4)c4ccccc34)c2)cc1. The van der Waals surface area contributed by atoms with Gasteiger partial charge in [-0.3, -0.25) is 4.98 Å². The molecule has 1 saturated carbocycles. The van der Waals surface area contributed by atoms with Crippen LogP contribution in [0.15, 0.2) is 115 Å². The van der Waals surface area contributed by atoms with Crippen LogP contribution in [0.4, 0.5) is 0 Å². The number of hydrogen-bond acceptors (Lipinski definition) is 1. The highest BCUT2D eigenvalue weighted by atomic mass is 15.0. The van der Waals surface area contributed by atoms with Crippen molar-refractivity contribution in [2.75, 3.05) is 0 Å². The van der Waals surface area contributed by atoms with Crippen LogP contribution in [-0.4, -0.2) is 9.55 Å². The first-order valence-electron chi connectivity index (χ1n) is 18.2. The van der Waals surface area contributed by atoms with Gasteiger partial charge in [-0.1, -0.05) is 128 Å². The van der Waals surface area contributed by atoms with Gasteiger partial charge in [0.25, 0.3) is 0 Å². The Morgan fingerprint density at radius 1 is 0.531 bits per heavy atom. The summed E-state index contributed by atoms with van der Waals surface area (Å²) in [5, 5.41) is 5.26. The number of benzene rings is 5. The van der Waals surface area contributed by atoms with Crippen molar-refractivity contribution in [2.45, 2.75) is 90.4 Å². The summed E-state index contributed by atoms with van der Waals surface area (Å²) in [6, 6.07) is 41.0. The zero-order valence-corrected chi connectivity index (χ0v) is 30.0. The second kappa shape index (κ2) is 12.0. The van der Waals surface area contributed by atoms with Crippen LogP contribution >= 0.6 is 0 Å². The highest BCUT2D eigenvalue weighted by Gasteiger charge is 2.22. The van der Waals surface area contributed by atoms with Gasteiger partial charge >= 0.3 is 0 Å². The number of aromatic nitrogens is 2. The van der Waals surface area contributed by atoms with E-state index in [2.05, 4.69) is 162 Å². The third-order valence-electron chi connectivity index (χ3n) is 11.0. The first-order valence-corrected chi connectivity index (χ1v) is 18.2. The molecule has 0 N–H and O–H groups in total. The lowest BCUT2D eigenvalue weighted by atomic mass is 9.82. The molecule has 0 spiro atoms. The molecule has 0 aliphatic heterocycles. The Balaban J connectivity index is 1.19. The van der Waals surface area contributed by atoms with Gasteiger partial charge in [-0.25, -0.2) is 0 Å². The average Bonchev–Trinajstić information content (AvgIpc) is 3.44. The number of pyridine rings is 1. The molecule has 0 bridgehead atoms. The van der Waals surface area contributed by atoms with Crippen molar-refractivity contribution in [3.05, 3.63) is 132 Å². The zero-order chi connectivity index (χ0) is 33.9. The van der Waals surface area contributed by atoms with Crippen LogP contribution in [0, 0.1) is 0 Å². The lowest BCUT2D eigenvalue weighted by Gasteiger charge is -2.23. The molecule has 1 aliphatic carbocycles. The zero-order valence-electron chi connectivity index (χ0n) is 30.0. The van der Waals surface area contributed by atoms with Gasteiger partial charge in [0, 0.05) is 33.6 Å². The molecule has 2 heterocycles. The molecule has 0 atom stereocenters. The van der Waals surface area contributed by atoms with Gasteiger partial charge in [0.15, 0.2) is 0 Å². The Morgan fingerprint density at radius 3 is 1.73 bits per heavy atom. The third-order valence-corrected chi connectivity index (χ3v) is 11.0. The average molecular weight is 641 g/mol. The minimum absolute atomic E-state index is 0.0830. The van der Waals surface area contributed by atoms with Crippen molar-refractivity contribution >= 4 is 32.6 Å². The van der Waals surface area contributed by atoms with Gasteiger partial charge in [0.2, 0.25) is 0 Å². The van der Waals surface area contributed by atoms with Crippen molar-refractivity contribution < 1.29 is 0 Å². The van der Waals surface area contributed by atoms with Crippen LogP contribution in [-0.2, 0) is 10.8 Å². The largest absolute Gasteiger partial charge is 0.309 e. The number of nitrogens with zero attached hydrogens (tertiary/aromatic N) is 2. The van der Waals surface area contributed by atoms with Gasteiger partial charge in [0.05, 0.1) is 16.7 Å². The molecular formula is C47H48N2. The van der Waals surface area contributed by atoms with E-state index in [0.29, 0.717) is 5.92 Å². The van der Waals surface area contributed by atoms with E-state index in [0.717, 1.165) is 5.69 Å². The van der Waals surface area contributed by atoms with Gasteiger partial charge in [0.1, 0.15) is 0 Å². The first-order chi connectivity index (χ1) is 23.6. The minimum Gasteiger partial charge on any atom is -0.309 e. The predicted octanol–water partition coefficient (Wildman–Crippen LogP) is 13.3. The Bertz CT molecular complexity index is 2250. The maximum atomic E-state index is 5.13. The van der Waals surface area contributed by atoms with Crippen LogP contribution in [0.5, 0.6) is 0 Å². The molecular weight excluding hydrogens is 593 g/mol. The van der Waals surface area contributed by atoms with Crippen molar-refractivity contribution in [1.29, 1.82) is 0 Å². The maximum absolute atomic E-state index is 5.13. The third kappa shape index (κ3) is 5.76. The number of fused-ring (bicyclic) bond motifs is 4. The molecule has 0 unspecified atom stereocenters. The highest BCUT2D eigenvalue weighted by Crippen LogP contribution is 2.40. The Morgan fingerprint density at radius 2 is 1.12 bits per heavy atom. The first kappa shape index (κ1) is 31.6. The fourth-order valence-corrected chi connectivity index (χ4v) is 8.07. The van der Waals surface area contributed by atoms with Gasteiger partial charge in [-0.2, -0.15) is 0 Å². The van der Waals surface area contributed by atoms with E-state index in [4.69, 9.17) is 4.98 Å². The summed E-state index contributed by atoms with van der Waals surface area (Å²) in [6.45, 7) is 13.8. The fourth-order valence-electron chi connectivity index (χ4n) is 8.07. The Hall–Kier alpha value is -4.69. The summed E-state index contributed by atoms with van der Waals surface area (Å²) in [6.07, 6.45) is 8.75. The molecule has 1 aliphatic rings. The molecule has 2 heteroatoms. The summed E-state index contributed by atoms with van der Waals surface area (Å²) in [5.41, 5.74) is 12.7. The van der Waals surface area contributed by atoms with Crippen LogP contribution in [0.25, 0.3) is 60.6 Å². The van der Waals surface area contributed by atoms with Crippen molar-refractivity contribution in [2.24, 2.45) is 0 Å². The molecule has 8 rings (SSSR count).